The lowest BCUT2D eigenvalue weighted by molar-refractivity contribution is -0.115. The molecule has 160 valence electrons. The van der Waals surface area contributed by atoms with E-state index in [9.17, 15) is 4.79 Å². The van der Waals surface area contributed by atoms with Crippen LogP contribution in [0.1, 0.15) is 49.5 Å². The smallest absolute Gasteiger partial charge is 0.239 e. The first-order valence-electron chi connectivity index (χ1n) is 9.78. The van der Waals surface area contributed by atoms with Crippen LogP contribution in [0.15, 0.2) is 28.7 Å². The van der Waals surface area contributed by atoms with Gasteiger partial charge in [0.05, 0.1) is 10.9 Å². The first-order chi connectivity index (χ1) is 14.2. The van der Waals surface area contributed by atoms with Crippen molar-refractivity contribution in [1.29, 1.82) is 0 Å². The Kier molecular flexibility index (Phi) is 7.14. The number of aromatic nitrogens is 4. The van der Waals surface area contributed by atoms with Crippen molar-refractivity contribution < 1.29 is 9.53 Å². The minimum atomic E-state index is -0.344. The molecule has 0 saturated carbocycles. The predicted octanol–water partition coefficient (Wildman–Crippen LogP) is 4.94. The minimum absolute atomic E-state index is 0.110. The molecule has 0 radical (unpaired) electrons. The lowest BCUT2D eigenvalue weighted by Crippen LogP contribution is -2.23. The summed E-state index contributed by atoms with van der Waals surface area (Å²) < 4.78 is 8.02. The highest BCUT2D eigenvalue weighted by molar-refractivity contribution is 8.00. The molecule has 30 heavy (non-hydrogen) atoms. The van der Waals surface area contributed by atoms with Gasteiger partial charge >= 0.3 is 0 Å². The summed E-state index contributed by atoms with van der Waals surface area (Å²) in [5.74, 6) is 1.45. The van der Waals surface area contributed by atoms with E-state index in [1.165, 1.54) is 28.7 Å². The van der Waals surface area contributed by atoms with Crippen molar-refractivity contribution in [2.24, 2.45) is 0 Å². The molecule has 2 heterocycles. The zero-order valence-corrected chi connectivity index (χ0v) is 19.7. The van der Waals surface area contributed by atoms with Crippen LogP contribution >= 0.6 is 23.1 Å². The Hall–Kier alpha value is -2.39. The molecule has 0 bridgehead atoms. The molecule has 3 rings (SSSR count). The monoisotopic (exact) mass is 445 g/mol. The first-order valence-corrected chi connectivity index (χ1v) is 11.5. The number of thioether (sulfide) groups is 1. The van der Waals surface area contributed by atoms with Gasteiger partial charge in [-0.05, 0) is 53.2 Å². The predicted molar refractivity (Wildman–Crippen MR) is 121 cm³/mol. The number of benzene rings is 1. The summed E-state index contributed by atoms with van der Waals surface area (Å²) >= 11 is 2.80. The quantitative estimate of drug-likeness (QED) is 0.495. The van der Waals surface area contributed by atoms with E-state index in [1.807, 2.05) is 42.9 Å². The van der Waals surface area contributed by atoms with Gasteiger partial charge in [-0.3, -0.25) is 4.79 Å². The van der Waals surface area contributed by atoms with E-state index in [4.69, 9.17) is 4.74 Å². The highest BCUT2D eigenvalue weighted by Crippen LogP contribution is 2.28. The molecule has 1 atom stereocenters. The number of hydrogen-bond donors (Lipinski definition) is 1. The topological polar surface area (TPSA) is 81.9 Å². The maximum Gasteiger partial charge on any atom is 0.239 e. The second-order valence-electron chi connectivity index (χ2n) is 7.46. The molecule has 0 aliphatic rings. The number of rotatable bonds is 8. The molecule has 2 aromatic heterocycles. The first kappa shape index (κ1) is 22.3. The second-order valence-corrected chi connectivity index (χ2v) is 9.63. The van der Waals surface area contributed by atoms with Crippen LogP contribution in [0.4, 0.5) is 5.13 Å². The molecule has 0 aliphatic heterocycles. The average molecular weight is 446 g/mol. The van der Waals surface area contributed by atoms with Crippen molar-refractivity contribution in [2.45, 2.75) is 64.6 Å². The van der Waals surface area contributed by atoms with E-state index in [1.54, 1.807) is 0 Å². The summed E-state index contributed by atoms with van der Waals surface area (Å²) in [6.07, 6.45) is 0. The number of thiazole rings is 1. The van der Waals surface area contributed by atoms with Gasteiger partial charge in [-0.25, -0.2) is 4.98 Å². The molecule has 3 aromatic rings. The van der Waals surface area contributed by atoms with Gasteiger partial charge in [0.1, 0.15) is 12.4 Å². The molecular formula is C21H27N5O2S2. The Balaban J connectivity index is 1.69. The van der Waals surface area contributed by atoms with E-state index < -0.39 is 0 Å². The molecule has 0 aliphatic carbocycles. The Bertz CT molecular complexity index is 1030. The van der Waals surface area contributed by atoms with Crippen molar-refractivity contribution >= 4 is 34.1 Å². The fraction of sp³-hybridized carbons (Fsp3) is 0.429. The number of carbonyl (C=O) groups excluding carboxylic acids is 1. The Morgan fingerprint density at radius 3 is 2.63 bits per heavy atom. The fourth-order valence-electron chi connectivity index (χ4n) is 2.94. The Morgan fingerprint density at radius 2 is 2.00 bits per heavy atom. The lowest BCUT2D eigenvalue weighted by atomic mass is 10.1. The summed E-state index contributed by atoms with van der Waals surface area (Å²) in [6.45, 7) is 12.3. The van der Waals surface area contributed by atoms with Gasteiger partial charge < -0.3 is 14.6 Å². The van der Waals surface area contributed by atoms with Crippen LogP contribution in [0.3, 0.4) is 0 Å². The third kappa shape index (κ3) is 5.40. The maximum absolute atomic E-state index is 12.5. The van der Waals surface area contributed by atoms with Crippen molar-refractivity contribution in [3.63, 3.8) is 0 Å². The normalized spacial score (nSPS) is 12.2. The van der Waals surface area contributed by atoms with Crippen molar-refractivity contribution in [1.82, 2.24) is 19.7 Å². The summed E-state index contributed by atoms with van der Waals surface area (Å²) in [4.78, 5) is 16.8. The summed E-state index contributed by atoms with van der Waals surface area (Å²) in [5.41, 5.74) is 3.18. The molecule has 7 nitrogen and oxygen atoms in total. The van der Waals surface area contributed by atoms with Gasteiger partial charge in [-0.15, -0.1) is 21.5 Å². The van der Waals surface area contributed by atoms with Gasteiger partial charge in [0, 0.05) is 11.4 Å². The minimum Gasteiger partial charge on any atom is -0.485 e. The van der Waals surface area contributed by atoms with Crippen LogP contribution in [-0.2, 0) is 11.4 Å². The van der Waals surface area contributed by atoms with E-state index in [-0.39, 0.29) is 17.2 Å². The maximum atomic E-state index is 12.5. The Labute approximate surface area is 185 Å². The average Bonchev–Trinajstić information content (AvgIpc) is 3.26. The van der Waals surface area contributed by atoms with Crippen LogP contribution < -0.4 is 10.1 Å². The van der Waals surface area contributed by atoms with Crippen LogP contribution in [0.5, 0.6) is 5.75 Å². The second kappa shape index (κ2) is 9.61. The van der Waals surface area contributed by atoms with Crippen LogP contribution in [0.2, 0.25) is 0 Å². The van der Waals surface area contributed by atoms with Gasteiger partial charge in [0.15, 0.2) is 16.1 Å². The SMILES string of the molecule is Cc1ccc(OCc2nnc(S[C@@H](C)C(=O)Nc3nc(C)cs3)n2C(C)C)c(C)c1. The van der Waals surface area contributed by atoms with E-state index in [0.717, 1.165) is 22.8 Å². The van der Waals surface area contributed by atoms with E-state index in [0.29, 0.717) is 16.9 Å². The van der Waals surface area contributed by atoms with Crippen LogP contribution in [0, 0.1) is 20.8 Å². The number of nitrogens with zero attached hydrogens (tertiary/aromatic N) is 4. The van der Waals surface area contributed by atoms with Crippen molar-refractivity contribution in [3.05, 3.63) is 46.2 Å². The zero-order valence-electron chi connectivity index (χ0n) is 18.1. The van der Waals surface area contributed by atoms with Crippen LogP contribution in [0.25, 0.3) is 0 Å². The molecule has 0 unspecified atom stereocenters. The molecule has 1 aromatic carbocycles. The van der Waals surface area contributed by atoms with Crippen molar-refractivity contribution in [3.8, 4) is 5.75 Å². The number of nitrogens with one attached hydrogen (secondary N) is 1. The Morgan fingerprint density at radius 1 is 1.23 bits per heavy atom. The van der Waals surface area contributed by atoms with Gasteiger partial charge in [0.25, 0.3) is 0 Å². The van der Waals surface area contributed by atoms with E-state index in [2.05, 4.69) is 47.3 Å². The number of amides is 1. The van der Waals surface area contributed by atoms with Gasteiger partial charge in [-0.1, -0.05) is 29.5 Å². The molecule has 9 heteroatoms. The standard InChI is InChI=1S/C21H27N5O2S2/c1-12(2)26-18(10-28-17-8-7-13(3)9-14(17)4)24-25-21(26)30-16(6)19(27)23-20-22-15(5)11-29-20/h7-9,11-12,16H,10H2,1-6H3,(H,22,23,27)/t16-/m0/s1. The molecule has 0 saturated heterocycles. The summed E-state index contributed by atoms with van der Waals surface area (Å²) in [7, 11) is 0. The van der Waals surface area contributed by atoms with Gasteiger partial charge in [0.2, 0.25) is 5.91 Å². The molecular weight excluding hydrogens is 418 g/mol. The summed E-state index contributed by atoms with van der Waals surface area (Å²) in [5, 5.41) is 14.4. The van der Waals surface area contributed by atoms with Crippen molar-refractivity contribution in [2.75, 3.05) is 5.32 Å². The molecule has 1 N–H and O–H groups in total. The van der Waals surface area contributed by atoms with E-state index >= 15 is 0 Å². The molecule has 1 amide bonds. The zero-order chi connectivity index (χ0) is 21.8. The fourth-order valence-corrected chi connectivity index (χ4v) is 4.63. The highest BCUT2D eigenvalue weighted by Gasteiger charge is 2.22. The number of hydrogen-bond acceptors (Lipinski definition) is 7. The molecule has 0 spiro atoms. The number of carbonyl (C=O) groups is 1. The number of aryl methyl sites for hydroxylation is 3. The number of ether oxygens (including phenoxy) is 1. The lowest BCUT2D eigenvalue weighted by Gasteiger charge is -2.16. The third-order valence-corrected chi connectivity index (χ3v) is 6.37. The van der Waals surface area contributed by atoms with Gasteiger partial charge in [-0.2, -0.15) is 0 Å². The largest absolute Gasteiger partial charge is 0.485 e. The number of anilines is 1. The third-order valence-electron chi connectivity index (χ3n) is 4.44. The van der Waals surface area contributed by atoms with Crippen LogP contribution in [-0.4, -0.2) is 30.9 Å². The highest BCUT2D eigenvalue weighted by atomic mass is 32.2. The molecule has 0 fully saturated rings. The summed E-state index contributed by atoms with van der Waals surface area (Å²) in [6, 6.07) is 6.23.